The van der Waals surface area contributed by atoms with Crippen LogP contribution in [0, 0.1) is 6.92 Å². The van der Waals surface area contributed by atoms with Gasteiger partial charge in [-0.25, -0.2) is 9.67 Å². The van der Waals surface area contributed by atoms with Crippen LogP contribution < -0.4 is 0 Å². The monoisotopic (exact) mass is 328 g/mol. The van der Waals surface area contributed by atoms with E-state index in [1.807, 2.05) is 30.7 Å². The van der Waals surface area contributed by atoms with Crippen molar-refractivity contribution in [3.63, 3.8) is 0 Å². The lowest BCUT2D eigenvalue weighted by Gasteiger charge is -2.09. The van der Waals surface area contributed by atoms with Gasteiger partial charge in [-0.1, -0.05) is 23.2 Å². The predicted molar refractivity (Wildman–Crippen MR) is 82.2 cm³/mol. The van der Waals surface area contributed by atoms with E-state index in [0.29, 0.717) is 10.0 Å². The standard InChI is InChI=1S/C13H11Cl3N4/c1-7-12-13(19(2)18-7)20(11(6-14)17-12)10-4-8(15)3-9(16)5-10/h3-5H,6H2,1-2H3. The number of hydrogen-bond donors (Lipinski definition) is 0. The van der Waals surface area contributed by atoms with E-state index in [4.69, 9.17) is 34.8 Å². The van der Waals surface area contributed by atoms with E-state index in [2.05, 4.69) is 10.1 Å². The summed E-state index contributed by atoms with van der Waals surface area (Å²) in [6, 6.07) is 5.34. The molecule has 0 saturated carbocycles. The molecule has 0 radical (unpaired) electrons. The Bertz CT molecular complexity index is 783. The first kappa shape index (κ1) is 13.7. The molecule has 7 heteroatoms. The van der Waals surface area contributed by atoms with Crippen LogP contribution in [-0.4, -0.2) is 19.3 Å². The highest BCUT2D eigenvalue weighted by Gasteiger charge is 2.18. The van der Waals surface area contributed by atoms with Crippen molar-refractivity contribution in [1.29, 1.82) is 0 Å². The molecule has 2 heterocycles. The van der Waals surface area contributed by atoms with Crippen molar-refractivity contribution in [3.05, 3.63) is 39.8 Å². The molecule has 2 aromatic heterocycles. The van der Waals surface area contributed by atoms with Crippen molar-refractivity contribution in [2.75, 3.05) is 0 Å². The summed E-state index contributed by atoms with van der Waals surface area (Å²) >= 11 is 18.2. The second-order valence-corrected chi connectivity index (χ2v) is 5.65. The molecule has 0 amide bonds. The lowest BCUT2D eigenvalue weighted by molar-refractivity contribution is 0.755. The molecule has 0 aliphatic heterocycles. The van der Waals surface area contributed by atoms with Crippen LogP contribution in [0.3, 0.4) is 0 Å². The van der Waals surface area contributed by atoms with Crippen molar-refractivity contribution in [2.24, 2.45) is 7.05 Å². The van der Waals surface area contributed by atoms with E-state index in [1.54, 1.807) is 10.7 Å². The quantitative estimate of drug-likeness (QED) is 0.663. The number of alkyl halides is 1. The van der Waals surface area contributed by atoms with E-state index in [-0.39, 0.29) is 5.88 Å². The largest absolute Gasteiger partial charge is 0.280 e. The SMILES string of the molecule is Cc1nn(C)c2c1nc(CCl)n2-c1cc(Cl)cc(Cl)c1. The number of fused-ring (bicyclic) bond motifs is 1. The average Bonchev–Trinajstić information content (AvgIpc) is 2.87. The van der Waals surface area contributed by atoms with E-state index >= 15 is 0 Å². The van der Waals surface area contributed by atoms with Crippen LogP contribution in [0.5, 0.6) is 0 Å². The Labute approximate surface area is 130 Å². The molecule has 104 valence electrons. The van der Waals surface area contributed by atoms with Gasteiger partial charge in [0, 0.05) is 17.1 Å². The first-order valence-electron chi connectivity index (χ1n) is 5.94. The normalized spacial score (nSPS) is 11.4. The summed E-state index contributed by atoms with van der Waals surface area (Å²) < 4.78 is 3.71. The maximum absolute atomic E-state index is 6.09. The lowest BCUT2D eigenvalue weighted by atomic mass is 10.3. The fraction of sp³-hybridized carbons (Fsp3) is 0.231. The molecule has 4 nitrogen and oxygen atoms in total. The van der Waals surface area contributed by atoms with Gasteiger partial charge in [-0.05, 0) is 25.1 Å². The number of nitrogens with zero attached hydrogens (tertiary/aromatic N) is 4. The average molecular weight is 330 g/mol. The maximum Gasteiger partial charge on any atom is 0.163 e. The predicted octanol–water partition coefficient (Wildman–Crippen LogP) is 4.11. The number of halogens is 3. The highest BCUT2D eigenvalue weighted by atomic mass is 35.5. The molecule has 3 rings (SSSR count). The van der Waals surface area contributed by atoms with Crippen LogP contribution in [0.25, 0.3) is 16.9 Å². The minimum absolute atomic E-state index is 0.290. The van der Waals surface area contributed by atoms with Gasteiger partial charge in [0.2, 0.25) is 0 Å². The number of imidazole rings is 1. The summed E-state index contributed by atoms with van der Waals surface area (Å²) in [5, 5.41) is 5.51. The van der Waals surface area contributed by atoms with Crippen LogP contribution in [0.15, 0.2) is 18.2 Å². The van der Waals surface area contributed by atoms with Gasteiger partial charge >= 0.3 is 0 Å². The van der Waals surface area contributed by atoms with Gasteiger partial charge in [-0.15, -0.1) is 11.6 Å². The van der Waals surface area contributed by atoms with Gasteiger partial charge in [0.25, 0.3) is 0 Å². The molecule has 20 heavy (non-hydrogen) atoms. The fourth-order valence-electron chi connectivity index (χ4n) is 2.35. The molecule has 0 N–H and O–H groups in total. The molecule has 0 atom stereocenters. The molecule has 3 aromatic rings. The zero-order valence-electron chi connectivity index (χ0n) is 10.9. The summed E-state index contributed by atoms with van der Waals surface area (Å²) in [6.07, 6.45) is 0. The van der Waals surface area contributed by atoms with Gasteiger partial charge < -0.3 is 0 Å². The summed E-state index contributed by atoms with van der Waals surface area (Å²) in [6.45, 7) is 1.92. The summed E-state index contributed by atoms with van der Waals surface area (Å²) in [7, 11) is 1.87. The molecule has 0 aliphatic carbocycles. The molecule has 0 bridgehead atoms. The van der Waals surface area contributed by atoms with E-state index in [0.717, 1.165) is 28.4 Å². The summed E-state index contributed by atoms with van der Waals surface area (Å²) in [5.41, 5.74) is 3.39. The molecular formula is C13H11Cl3N4. The molecule has 1 aromatic carbocycles. The Kier molecular flexibility index (Phi) is 3.40. The van der Waals surface area contributed by atoms with Gasteiger partial charge in [0.1, 0.15) is 11.3 Å². The third kappa shape index (κ3) is 2.08. The minimum Gasteiger partial charge on any atom is -0.280 e. The Morgan fingerprint density at radius 2 is 1.80 bits per heavy atom. The van der Waals surface area contributed by atoms with Crippen molar-refractivity contribution in [2.45, 2.75) is 12.8 Å². The number of rotatable bonds is 2. The third-order valence-corrected chi connectivity index (χ3v) is 3.77. The third-order valence-electron chi connectivity index (χ3n) is 3.10. The van der Waals surface area contributed by atoms with Gasteiger partial charge in [0.05, 0.1) is 17.3 Å². The highest BCUT2D eigenvalue weighted by molar-refractivity contribution is 6.34. The van der Waals surface area contributed by atoms with Gasteiger partial charge in [-0.3, -0.25) is 4.57 Å². The van der Waals surface area contributed by atoms with Gasteiger partial charge in [0.15, 0.2) is 5.65 Å². The van der Waals surface area contributed by atoms with Crippen LogP contribution in [0.1, 0.15) is 11.5 Å². The Morgan fingerprint density at radius 3 is 2.40 bits per heavy atom. The van der Waals surface area contributed by atoms with Crippen molar-refractivity contribution < 1.29 is 0 Å². The first-order valence-corrected chi connectivity index (χ1v) is 7.23. The van der Waals surface area contributed by atoms with Crippen LogP contribution >= 0.6 is 34.8 Å². The minimum atomic E-state index is 0.290. The topological polar surface area (TPSA) is 35.6 Å². The maximum atomic E-state index is 6.09. The number of hydrogen-bond acceptors (Lipinski definition) is 2. The summed E-state index contributed by atoms with van der Waals surface area (Å²) in [4.78, 5) is 4.55. The van der Waals surface area contributed by atoms with E-state index in [1.165, 1.54) is 0 Å². The number of benzene rings is 1. The smallest absolute Gasteiger partial charge is 0.163 e. The van der Waals surface area contributed by atoms with Gasteiger partial charge in [-0.2, -0.15) is 5.10 Å². The Morgan fingerprint density at radius 1 is 1.15 bits per heavy atom. The summed E-state index contributed by atoms with van der Waals surface area (Å²) in [5.74, 6) is 1.02. The second kappa shape index (κ2) is 4.95. The molecule has 0 fully saturated rings. The first-order chi connectivity index (χ1) is 9.51. The zero-order valence-corrected chi connectivity index (χ0v) is 13.1. The Hall–Kier alpha value is -1.23. The zero-order chi connectivity index (χ0) is 14.4. The number of aromatic nitrogens is 4. The number of aryl methyl sites for hydroxylation is 2. The highest BCUT2D eigenvalue weighted by Crippen LogP contribution is 2.28. The van der Waals surface area contributed by atoms with E-state index in [9.17, 15) is 0 Å². The second-order valence-electron chi connectivity index (χ2n) is 4.51. The van der Waals surface area contributed by atoms with Crippen LogP contribution in [-0.2, 0) is 12.9 Å². The lowest BCUT2D eigenvalue weighted by Crippen LogP contribution is -2.04. The van der Waals surface area contributed by atoms with Crippen molar-refractivity contribution in [1.82, 2.24) is 19.3 Å². The molecular weight excluding hydrogens is 319 g/mol. The van der Waals surface area contributed by atoms with Crippen LogP contribution in [0.2, 0.25) is 10.0 Å². The molecule has 0 spiro atoms. The molecule has 0 aliphatic rings. The fourth-order valence-corrected chi connectivity index (χ4v) is 3.04. The van der Waals surface area contributed by atoms with E-state index < -0.39 is 0 Å². The van der Waals surface area contributed by atoms with Crippen LogP contribution in [0.4, 0.5) is 0 Å². The molecule has 0 saturated heterocycles. The van der Waals surface area contributed by atoms with Crippen molar-refractivity contribution in [3.8, 4) is 5.69 Å². The van der Waals surface area contributed by atoms with Crippen molar-refractivity contribution >= 4 is 46.0 Å². The Balaban J connectivity index is 2.39. The molecule has 0 unspecified atom stereocenters.